The topological polar surface area (TPSA) is 77.8 Å². The van der Waals surface area contributed by atoms with Crippen LogP contribution in [-0.4, -0.2) is 61.4 Å². The summed E-state index contributed by atoms with van der Waals surface area (Å²) in [6.45, 7) is 6.66. The monoisotopic (exact) mass is 452 g/mol. The predicted molar refractivity (Wildman–Crippen MR) is 126 cm³/mol. The van der Waals surface area contributed by atoms with E-state index < -0.39 is 0 Å². The highest BCUT2D eigenvalue weighted by Crippen LogP contribution is 2.28. The van der Waals surface area contributed by atoms with E-state index >= 15 is 0 Å². The van der Waals surface area contributed by atoms with Gasteiger partial charge in [-0.15, -0.1) is 11.3 Å². The van der Waals surface area contributed by atoms with Gasteiger partial charge in [-0.3, -0.25) is 14.5 Å². The van der Waals surface area contributed by atoms with Gasteiger partial charge in [0.15, 0.2) is 5.76 Å². The summed E-state index contributed by atoms with van der Waals surface area (Å²) in [6, 6.07) is 15.1. The van der Waals surface area contributed by atoms with E-state index in [1.807, 2.05) is 31.2 Å². The molecule has 3 heterocycles. The molecule has 2 N–H and O–H groups in total. The van der Waals surface area contributed by atoms with E-state index in [0.717, 1.165) is 43.9 Å². The highest BCUT2D eigenvalue weighted by molar-refractivity contribution is 7.18. The third-order valence-corrected chi connectivity index (χ3v) is 6.80. The van der Waals surface area contributed by atoms with E-state index in [2.05, 4.69) is 39.6 Å². The number of nitrogens with zero attached hydrogens (tertiary/aromatic N) is 2. The Bertz CT molecular complexity index is 1040. The van der Waals surface area contributed by atoms with Crippen LogP contribution in [0.25, 0.3) is 0 Å². The van der Waals surface area contributed by atoms with Crippen molar-refractivity contribution in [2.45, 2.75) is 13.0 Å². The Morgan fingerprint density at radius 3 is 2.50 bits per heavy atom. The van der Waals surface area contributed by atoms with Crippen LogP contribution in [0.15, 0.2) is 59.2 Å². The van der Waals surface area contributed by atoms with E-state index in [-0.39, 0.29) is 23.6 Å². The van der Waals surface area contributed by atoms with Crippen LogP contribution in [0.5, 0.6) is 0 Å². The van der Waals surface area contributed by atoms with Crippen LogP contribution in [-0.2, 0) is 0 Å². The number of carbonyl (C=O) groups excluding carboxylic acids is 2. The lowest BCUT2D eigenvalue weighted by atomic mass is 10.1. The van der Waals surface area contributed by atoms with Crippen molar-refractivity contribution < 1.29 is 14.0 Å². The van der Waals surface area contributed by atoms with Crippen molar-refractivity contribution in [1.29, 1.82) is 0 Å². The molecule has 0 bridgehead atoms. The van der Waals surface area contributed by atoms with Crippen LogP contribution in [0.1, 0.15) is 37.4 Å². The first-order valence-electron chi connectivity index (χ1n) is 10.7. The molecule has 168 valence electrons. The number of piperazine rings is 1. The van der Waals surface area contributed by atoms with Gasteiger partial charge < -0.3 is 20.0 Å². The molecule has 8 heteroatoms. The van der Waals surface area contributed by atoms with Crippen molar-refractivity contribution in [3.63, 3.8) is 0 Å². The summed E-state index contributed by atoms with van der Waals surface area (Å²) in [6.07, 6.45) is 1.46. The van der Waals surface area contributed by atoms with Gasteiger partial charge in [-0.2, -0.15) is 0 Å². The summed E-state index contributed by atoms with van der Waals surface area (Å²) in [7, 11) is 2.13. The number of rotatable bonds is 7. The lowest BCUT2D eigenvalue weighted by Crippen LogP contribution is -2.47. The van der Waals surface area contributed by atoms with Gasteiger partial charge in [-0.1, -0.05) is 30.3 Å². The van der Waals surface area contributed by atoms with Gasteiger partial charge in [0.05, 0.1) is 22.2 Å². The van der Waals surface area contributed by atoms with Gasteiger partial charge in [0.2, 0.25) is 0 Å². The van der Waals surface area contributed by atoms with Gasteiger partial charge in [0.25, 0.3) is 11.8 Å². The average molecular weight is 453 g/mol. The number of carbonyl (C=O) groups is 2. The zero-order valence-corrected chi connectivity index (χ0v) is 19.2. The van der Waals surface area contributed by atoms with Gasteiger partial charge >= 0.3 is 0 Å². The zero-order valence-electron chi connectivity index (χ0n) is 18.3. The maximum atomic E-state index is 13.2. The van der Waals surface area contributed by atoms with Crippen molar-refractivity contribution in [1.82, 2.24) is 15.1 Å². The molecule has 2 aromatic heterocycles. The minimum absolute atomic E-state index is 0.116. The second-order valence-corrected chi connectivity index (χ2v) is 9.15. The van der Waals surface area contributed by atoms with Gasteiger partial charge in [-0.05, 0) is 43.3 Å². The van der Waals surface area contributed by atoms with Crippen LogP contribution in [0.4, 0.5) is 5.00 Å². The third kappa shape index (κ3) is 5.45. The van der Waals surface area contributed by atoms with Crippen molar-refractivity contribution in [2.75, 3.05) is 45.1 Å². The Kier molecular flexibility index (Phi) is 7.04. The fourth-order valence-electron chi connectivity index (χ4n) is 3.78. The molecule has 1 aliphatic heterocycles. The highest BCUT2D eigenvalue weighted by atomic mass is 32.1. The fraction of sp³-hybridized carbons (Fsp3) is 0.333. The number of hydrogen-bond donors (Lipinski definition) is 2. The number of amides is 2. The number of anilines is 1. The van der Waals surface area contributed by atoms with E-state index in [9.17, 15) is 9.59 Å². The first kappa shape index (κ1) is 22.3. The second kappa shape index (κ2) is 10.1. The molecule has 7 nitrogen and oxygen atoms in total. The van der Waals surface area contributed by atoms with Crippen LogP contribution < -0.4 is 10.6 Å². The largest absolute Gasteiger partial charge is 0.459 e. The first-order chi connectivity index (χ1) is 15.5. The number of aryl methyl sites for hydroxylation is 1. The Morgan fingerprint density at radius 2 is 1.81 bits per heavy atom. The lowest BCUT2D eigenvalue weighted by Gasteiger charge is -2.35. The Morgan fingerprint density at radius 1 is 1.06 bits per heavy atom. The molecule has 0 saturated carbocycles. The van der Waals surface area contributed by atoms with Gasteiger partial charge in [0, 0.05) is 32.7 Å². The van der Waals surface area contributed by atoms with Crippen LogP contribution in [0, 0.1) is 6.92 Å². The molecule has 3 aromatic rings. The molecule has 0 aliphatic carbocycles. The summed E-state index contributed by atoms with van der Waals surface area (Å²) in [5, 5.41) is 6.65. The van der Waals surface area contributed by atoms with Crippen molar-refractivity contribution in [3.05, 3.63) is 76.6 Å². The average Bonchev–Trinajstić information content (AvgIpc) is 3.45. The Hall–Kier alpha value is -2.94. The molecule has 1 atom stereocenters. The number of nitrogens with one attached hydrogen (secondary N) is 2. The normalized spacial score (nSPS) is 15.9. The summed E-state index contributed by atoms with van der Waals surface area (Å²) >= 11 is 1.27. The molecule has 1 aliphatic rings. The minimum atomic E-state index is -0.333. The van der Waals surface area contributed by atoms with E-state index in [0.29, 0.717) is 9.88 Å². The van der Waals surface area contributed by atoms with Crippen LogP contribution in [0.3, 0.4) is 0 Å². The molecule has 1 aromatic carbocycles. The quantitative estimate of drug-likeness (QED) is 0.573. The molecule has 32 heavy (non-hydrogen) atoms. The summed E-state index contributed by atoms with van der Waals surface area (Å²) in [5.74, 6) is -0.229. The molecule has 1 saturated heterocycles. The lowest BCUT2D eigenvalue weighted by molar-refractivity contribution is 0.0910. The zero-order chi connectivity index (χ0) is 22.5. The molecule has 4 rings (SSSR count). The molecule has 2 amide bonds. The number of thiophene rings is 1. The van der Waals surface area contributed by atoms with Crippen molar-refractivity contribution in [2.24, 2.45) is 0 Å². The molecule has 0 radical (unpaired) electrons. The Labute approximate surface area is 192 Å². The standard InChI is InChI=1S/C24H28N4O3S/c1-17-15-21(26-23(29)20-9-6-14-31-20)32-22(17)24(30)25-19(18-7-4-3-5-8-18)16-28-12-10-27(2)11-13-28/h3-9,14-15,19H,10-13,16H2,1-2H3,(H,25,30)(H,26,29). The maximum Gasteiger partial charge on any atom is 0.291 e. The van der Waals surface area contributed by atoms with Gasteiger partial charge in [-0.25, -0.2) is 0 Å². The Balaban J connectivity index is 1.47. The van der Waals surface area contributed by atoms with Gasteiger partial charge in [0.1, 0.15) is 0 Å². The van der Waals surface area contributed by atoms with Crippen LogP contribution >= 0.6 is 11.3 Å². The van der Waals surface area contributed by atoms with Crippen molar-refractivity contribution >= 4 is 28.2 Å². The molecular formula is C24H28N4O3S. The second-order valence-electron chi connectivity index (χ2n) is 8.09. The van der Waals surface area contributed by atoms with Crippen molar-refractivity contribution in [3.8, 4) is 0 Å². The smallest absolute Gasteiger partial charge is 0.291 e. The van der Waals surface area contributed by atoms with E-state index in [1.165, 1.54) is 17.6 Å². The molecule has 1 unspecified atom stereocenters. The van der Waals surface area contributed by atoms with E-state index in [1.54, 1.807) is 12.1 Å². The summed E-state index contributed by atoms with van der Waals surface area (Å²) in [4.78, 5) is 30.8. The fourth-order valence-corrected chi connectivity index (χ4v) is 4.75. The number of hydrogen-bond acceptors (Lipinski definition) is 6. The minimum Gasteiger partial charge on any atom is -0.459 e. The summed E-state index contributed by atoms with van der Waals surface area (Å²) in [5.41, 5.74) is 1.91. The number of benzene rings is 1. The maximum absolute atomic E-state index is 13.2. The summed E-state index contributed by atoms with van der Waals surface area (Å²) < 4.78 is 5.14. The number of furan rings is 1. The first-order valence-corrected chi connectivity index (χ1v) is 11.5. The number of likely N-dealkylation sites (N-methyl/N-ethyl adjacent to an activating group) is 1. The SMILES string of the molecule is Cc1cc(NC(=O)c2ccco2)sc1C(=O)NC(CN1CCN(C)CC1)c1ccccc1. The van der Waals surface area contributed by atoms with Crippen LogP contribution in [0.2, 0.25) is 0 Å². The molecule has 1 fully saturated rings. The molecule has 0 spiro atoms. The third-order valence-electron chi connectivity index (χ3n) is 5.65. The van der Waals surface area contributed by atoms with E-state index in [4.69, 9.17) is 4.42 Å². The molecular weight excluding hydrogens is 424 g/mol. The predicted octanol–water partition coefficient (Wildman–Crippen LogP) is 3.62. The highest BCUT2D eigenvalue weighted by Gasteiger charge is 2.23.